The first-order chi connectivity index (χ1) is 13.0. The Labute approximate surface area is 173 Å². The van der Waals surface area contributed by atoms with E-state index in [1.165, 1.54) is 10.5 Å². The van der Waals surface area contributed by atoms with Gasteiger partial charge in [0.1, 0.15) is 0 Å². The van der Waals surface area contributed by atoms with Gasteiger partial charge in [0.15, 0.2) is 0 Å². The smallest absolute Gasteiger partial charge is 0.394 e. The van der Waals surface area contributed by atoms with Gasteiger partial charge in [-0.25, -0.2) is 0 Å². The van der Waals surface area contributed by atoms with Gasteiger partial charge < -0.3 is 27.5 Å². The number of hydrogen-bond acceptors (Lipinski definition) is 6. The predicted molar refractivity (Wildman–Crippen MR) is 117 cm³/mol. The molecule has 0 rings (SSSR count). The van der Waals surface area contributed by atoms with Gasteiger partial charge in [-0.1, -0.05) is 5.20 Å². The molecule has 6 nitrogen and oxygen atoms in total. The van der Waals surface area contributed by atoms with Crippen LogP contribution >= 0.6 is 0 Å². The number of nitrogens with zero attached hydrogens (tertiary/aromatic N) is 2. The van der Waals surface area contributed by atoms with Crippen LogP contribution in [0.4, 0.5) is 0 Å². The molecule has 0 aliphatic rings. The van der Waals surface area contributed by atoms with Crippen LogP contribution in [-0.4, -0.2) is 98.2 Å². The molecule has 0 N–H and O–H groups in total. The average Bonchev–Trinajstić information content (AvgIpc) is 2.66. The minimum Gasteiger partial charge on any atom is -0.394 e. The molecule has 0 aromatic rings. The highest BCUT2D eigenvalue weighted by Crippen LogP contribution is 2.15. The summed E-state index contributed by atoms with van der Waals surface area (Å²) in [4.78, 5) is 4.79. The second-order valence-electron chi connectivity index (χ2n) is 6.10. The maximum Gasteiger partial charge on any atom is 0.440 e. The Kier molecular flexibility index (Phi) is 16.9. The lowest BCUT2D eigenvalue weighted by atomic mass is 10.5. The van der Waals surface area contributed by atoms with Crippen LogP contribution in [0.1, 0.15) is 41.0 Å². The molecule has 0 saturated carbocycles. The summed E-state index contributed by atoms with van der Waals surface area (Å²) in [5.74, 6) is 0. The van der Waals surface area contributed by atoms with Gasteiger partial charge in [0.2, 0.25) is 0 Å². The lowest BCUT2D eigenvalue weighted by Crippen LogP contribution is -2.38. The van der Waals surface area contributed by atoms with Crippen molar-refractivity contribution in [3.63, 3.8) is 0 Å². The van der Waals surface area contributed by atoms with Gasteiger partial charge in [0, 0.05) is 40.5 Å². The number of rotatable bonds is 17. The second-order valence-corrected chi connectivity index (χ2v) is 11.2. The van der Waals surface area contributed by atoms with Crippen LogP contribution in [0.2, 0.25) is 6.04 Å². The van der Waals surface area contributed by atoms with Crippen LogP contribution in [0.3, 0.4) is 0 Å². The molecule has 0 aliphatic carbocycles. The van der Waals surface area contributed by atoms with Gasteiger partial charge in [-0.15, -0.1) is 0 Å². The first-order valence-corrected chi connectivity index (χ1v) is 14.0. The molecule has 0 unspecified atom stereocenters. The predicted octanol–water partition coefficient (Wildman–Crippen LogP) is 2.42. The van der Waals surface area contributed by atoms with Gasteiger partial charge in [0.05, 0.1) is 14.8 Å². The molecule has 9 heteroatoms. The number of hydrogen-bond donors (Lipinski definition) is 0. The molecular formula is C18H40N2O4Si3. The summed E-state index contributed by atoms with van der Waals surface area (Å²) in [5.41, 5.74) is 0. The normalized spacial score (nSPS) is 13.0. The first-order valence-electron chi connectivity index (χ1n) is 9.93. The minimum atomic E-state index is -1.41. The van der Waals surface area contributed by atoms with E-state index in [4.69, 9.17) is 17.7 Å². The van der Waals surface area contributed by atoms with Crippen molar-refractivity contribution in [3.8, 4) is 0 Å². The van der Waals surface area contributed by atoms with Crippen LogP contribution in [0.15, 0.2) is 10.5 Å². The second kappa shape index (κ2) is 16.9. The van der Waals surface area contributed by atoms with E-state index in [1.807, 2.05) is 13.8 Å². The zero-order chi connectivity index (χ0) is 20.7. The maximum atomic E-state index is 5.72. The fraction of sp³-hybridized carbons (Fsp3) is 0.889. The summed E-state index contributed by atoms with van der Waals surface area (Å²) in [5, 5.41) is 2.68. The average molecular weight is 433 g/mol. The molecule has 0 aromatic carbocycles. The Morgan fingerprint density at radius 2 is 1.52 bits per heavy atom. The van der Waals surface area contributed by atoms with Crippen LogP contribution in [-0.2, 0) is 17.7 Å². The summed E-state index contributed by atoms with van der Waals surface area (Å²) in [6.45, 7) is 15.2. The van der Waals surface area contributed by atoms with E-state index in [0.717, 1.165) is 61.0 Å². The Balaban J connectivity index is 4.66. The van der Waals surface area contributed by atoms with Gasteiger partial charge in [0.25, 0.3) is 0 Å². The molecule has 27 heavy (non-hydrogen) atoms. The zero-order valence-corrected chi connectivity index (χ0v) is 21.7. The Morgan fingerprint density at radius 3 is 1.96 bits per heavy atom. The van der Waals surface area contributed by atoms with Crippen molar-refractivity contribution in [1.82, 2.24) is 9.80 Å². The summed E-state index contributed by atoms with van der Waals surface area (Å²) in [6.07, 6.45) is 2.18. The minimum absolute atomic E-state index is 0.743. The van der Waals surface area contributed by atoms with Crippen LogP contribution in [0.25, 0.3) is 0 Å². The summed E-state index contributed by atoms with van der Waals surface area (Å²) in [6, 6.07) is 1.04. The highest BCUT2D eigenvalue weighted by Gasteiger charge is 2.26. The molecular weight excluding hydrogens is 392 g/mol. The topological polar surface area (TPSA) is 43.4 Å². The fourth-order valence-electron chi connectivity index (χ4n) is 2.75. The van der Waals surface area contributed by atoms with E-state index in [-0.39, 0.29) is 0 Å². The molecule has 4 radical (unpaired) electrons. The van der Waals surface area contributed by atoms with E-state index < -0.39 is 18.6 Å². The monoisotopic (exact) mass is 432 g/mol. The highest BCUT2D eigenvalue weighted by atomic mass is 28.3. The summed E-state index contributed by atoms with van der Waals surface area (Å²) < 4.78 is 22.8. The SMILES string of the molecule is CCO[Si](CCCN(C)C[Si]C(C)=C(N(CC)CC)[Si](OC)OC)OCC. The molecule has 158 valence electrons. The standard InChI is InChI=1S/C18H40N2O4Si3/c1-9-20(10-2)18(27(21-7)22-8)17(5)25-16-19(6)14-13-15-26(23-11-3)24-12-4/h9-16H2,1-8H3. The largest absolute Gasteiger partial charge is 0.440 e. The van der Waals surface area contributed by atoms with Crippen molar-refractivity contribution >= 4 is 28.1 Å². The van der Waals surface area contributed by atoms with Crippen LogP contribution < -0.4 is 0 Å². The molecule has 0 bridgehead atoms. The van der Waals surface area contributed by atoms with Crippen molar-refractivity contribution < 1.29 is 17.7 Å². The van der Waals surface area contributed by atoms with Crippen molar-refractivity contribution in [3.05, 3.63) is 10.5 Å². The quantitative estimate of drug-likeness (QED) is 0.329. The Hall–Kier alpha value is -0.00935. The van der Waals surface area contributed by atoms with Crippen molar-refractivity contribution in [2.24, 2.45) is 0 Å². The number of allylic oxidation sites excluding steroid dienone is 1. The molecule has 0 aliphatic heterocycles. The molecule has 0 aromatic heterocycles. The molecule has 0 saturated heterocycles. The van der Waals surface area contributed by atoms with E-state index in [0.29, 0.717) is 0 Å². The van der Waals surface area contributed by atoms with Crippen LogP contribution in [0.5, 0.6) is 0 Å². The van der Waals surface area contributed by atoms with E-state index in [9.17, 15) is 0 Å². The third-order valence-electron chi connectivity index (χ3n) is 4.14. The third-order valence-corrected chi connectivity index (χ3v) is 9.66. The lowest BCUT2D eigenvalue weighted by molar-refractivity contribution is 0.211. The molecule has 0 fully saturated rings. The van der Waals surface area contributed by atoms with Crippen molar-refractivity contribution in [2.75, 3.05) is 60.3 Å². The zero-order valence-electron chi connectivity index (χ0n) is 18.7. The first kappa shape index (κ1) is 27.0. The van der Waals surface area contributed by atoms with Gasteiger partial charge in [-0.3, -0.25) is 0 Å². The maximum absolute atomic E-state index is 5.72. The Morgan fingerprint density at radius 1 is 0.963 bits per heavy atom. The fourth-order valence-corrected chi connectivity index (χ4v) is 7.21. The lowest BCUT2D eigenvalue weighted by Gasteiger charge is -2.29. The Bertz CT molecular complexity index is 375. The van der Waals surface area contributed by atoms with E-state index in [1.54, 1.807) is 14.2 Å². The van der Waals surface area contributed by atoms with Crippen molar-refractivity contribution in [1.29, 1.82) is 0 Å². The van der Waals surface area contributed by atoms with Crippen molar-refractivity contribution in [2.45, 2.75) is 47.1 Å². The summed E-state index contributed by atoms with van der Waals surface area (Å²) in [7, 11) is 3.95. The van der Waals surface area contributed by atoms with Gasteiger partial charge >= 0.3 is 18.6 Å². The molecule has 0 amide bonds. The molecule has 0 heterocycles. The third kappa shape index (κ3) is 10.9. The molecule has 0 spiro atoms. The highest BCUT2D eigenvalue weighted by molar-refractivity contribution is 6.58. The molecule has 0 atom stereocenters. The van der Waals surface area contributed by atoms with Gasteiger partial charge in [-0.2, -0.15) is 0 Å². The summed E-state index contributed by atoms with van der Waals surface area (Å²) >= 11 is 0. The van der Waals surface area contributed by atoms with Crippen LogP contribution in [0, 0.1) is 0 Å². The van der Waals surface area contributed by atoms with E-state index in [2.05, 4.69) is 37.6 Å². The van der Waals surface area contributed by atoms with Gasteiger partial charge in [-0.05, 0) is 66.8 Å². The van der Waals surface area contributed by atoms with E-state index >= 15 is 0 Å².